The van der Waals surface area contributed by atoms with Gasteiger partial charge in [0.25, 0.3) is 5.69 Å². The minimum atomic E-state index is -3.56. The number of sulfonamides is 1. The SMILES string of the molecule is O=[N+]([O-])c1ccc(S(=O)(=O)N2CCC[C@H]3CCCC[C@@H]32)cc1. The van der Waals surface area contributed by atoms with Crippen molar-refractivity contribution in [2.45, 2.75) is 49.5 Å². The molecule has 3 rings (SSSR count). The number of benzene rings is 1. The maximum Gasteiger partial charge on any atom is 0.269 e. The second kappa shape index (κ2) is 5.96. The van der Waals surface area contributed by atoms with E-state index in [-0.39, 0.29) is 16.6 Å². The molecule has 2 fully saturated rings. The summed E-state index contributed by atoms with van der Waals surface area (Å²) in [6.07, 6.45) is 6.30. The van der Waals surface area contributed by atoms with Crippen molar-refractivity contribution < 1.29 is 13.3 Å². The Labute approximate surface area is 130 Å². The van der Waals surface area contributed by atoms with Crippen LogP contribution in [0, 0.1) is 16.0 Å². The number of non-ortho nitro benzene ring substituents is 1. The van der Waals surface area contributed by atoms with Gasteiger partial charge in [0.2, 0.25) is 10.0 Å². The Kier molecular flexibility index (Phi) is 4.18. The van der Waals surface area contributed by atoms with Crippen LogP contribution in [0.3, 0.4) is 0 Å². The van der Waals surface area contributed by atoms with Crippen molar-refractivity contribution in [3.63, 3.8) is 0 Å². The fraction of sp³-hybridized carbons (Fsp3) is 0.600. The van der Waals surface area contributed by atoms with Gasteiger partial charge in [0, 0.05) is 24.7 Å². The van der Waals surface area contributed by atoms with E-state index in [0.717, 1.165) is 32.1 Å². The zero-order chi connectivity index (χ0) is 15.7. The molecule has 0 spiro atoms. The van der Waals surface area contributed by atoms with Gasteiger partial charge in [0.1, 0.15) is 0 Å². The van der Waals surface area contributed by atoms with Crippen LogP contribution in [0.1, 0.15) is 38.5 Å². The van der Waals surface area contributed by atoms with Crippen LogP contribution < -0.4 is 0 Å². The first-order valence-electron chi connectivity index (χ1n) is 7.76. The van der Waals surface area contributed by atoms with E-state index in [1.54, 1.807) is 4.31 Å². The molecular formula is C15H20N2O4S. The zero-order valence-corrected chi connectivity index (χ0v) is 13.2. The molecule has 0 bridgehead atoms. The van der Waals surface area contributed by atoms with Gasteiger partial charge in [0.15, 0.2) is 0 Å². The summed E-state index contributed by atoms with van der Waals surface area (Å²) in [5.74, 6) is 0.468. The molecule has 120 valence electrons. The highest BCUT2D eigenvalue weighted by Crippen LogP contribution is 2.38. The summed E-state index contributed by atoms with van der Waals surface area (Å²) >= 11 is 0. The van der Waals surface area contributed by atoms with Crippen molar-refractivity contribution in [1.29, 1.82) is 0 Å². The average Bonchev–Trinajstić information content (AvgIpc) is 2.54. The zero-order valence-electron chi connectivity index (χ0n) is 12.3. The minimum Gasteiger partial charge on any atom is -0.258 e. The molecular weight excluding hydrogens is 304 g/mol. The predicted octanol–water partition coefficient (Wildman–Crippen LogP) is 2.94. The third kappa shape index (κ3) is 2.75. The molecule has 7 heteroatoms. The standard InChI is InChI=1S/C15H20N2O4S/c18-17(19)13-7-9-14(10-8-13)22(20,21)16-11-3-5-12-4-1-2-6-15(12)16/h7-10,12,15H,1-6,11H2/t12-,15+/m1/s1. The van der Waals surface area contributed by atoms with E-state index in [9.17, 15) is 18.5 Å². The first kappa shape index (κ1) is 15.4. The van der Waals surface area contributed by atoms with Crippen LogP contribution in [0.25, 0.3) is 0 Å². The van der Waals surface area contributed by atoms with Gasteiger partial charge in [-0.1, -0.05) is 12.8 Å². The van der Waals surface area contributed by atoms with Gasteiger partial charge >= 0.3 is 0 Å². The number of rotatable bonds is 3. The monoisotopic (exact) mass is 324 g/mol. The van der Waals surface area contributed by atoms with E-state index in [0.29, 0.717) is 12.5 Å². The van der Waals surface area contributed by atoms with Crippen molar-refractivity contribution in [2.24, 2.45) is 5.92 Å². The fourth-order valence-electron chi connectivity index (χ4n) is 3.75. The summed E-state index contributed by atoms with van der Waals surface area (Å²) in [7, 11) is -3.56. The molecule has 1 aromatic rings. The molecule has 6 nitrogen and oxygen atoms in total. The molecule has 1 saturated carbocycles. The largest absolute Gasteiger partial charge is 0.269 e. The average molecular weight is 324 g/mol. The summed E-state index contributed by atoms with van der Waals surface area (Å²) in [5.41, 5.74) is -0.0897. The molecule has 1 aliphatic carbocycles. The summed E-state index contributed by atoms with van der Waals surface area (Å²) in [6, 6.07) is 5.31. The highest BCUT2D eigenvalue weighted by atomic mass is 32.2. The predicted molar refractivity (Wildman–Crippen MR) is 82.0 cm³/mol. The quantitative estimate of drug-likeness (QED) is 0.632. The lowest BCUT2D eigenvalue weighted by Gasteiger charge is -2.43. The molecule has 0 aromatic heterocycles. The molecule has 1 saturated heterocycles. The van der Waals surface area contributed by atoms with Crippen LogP contribution >= 0.6 is 0 Å². The molecule has 1 aromatic carbocycles. The van der Waals surface area contributed by atoms with Crippen LogP contribution in [0.4, 0.5) is 5.69 Å². The lowest BCUT2D eigenvalue weighted by atomic mass is 9.79. The minimum absolute atomic E-state index is 0.0897. The van der Waals surface area contributed by atoms with Crippen LogP contribution in [-0.4, -0.2) is 30.2 Å². The third-order valence-corrected chi connectivity index (χ3v) is 6.79. The fourth-order valence-corrected chi connectivity index (χ4v) is 5.51. The first-order valence-corrected chi connectivity index (χ1v) is 9.20. The van der Waals surface area contributed by atoms with E-state index in [1.165, 1.54) is 30.7 Å². The van der Waals surface area contributed by atoms with Crippen molar-refractivity contribution in [3.8, 4) is 0 Å². The third-order valence-electron chi connectivity index (χ3n) is 4.85. The lowest BCUT2D eigenvalue weighted by molar-refractivity contribution is -0.384. The van der Waals surface area contributed by atoms with Crippen molar-refractivity contribution in [1.82, 2.24) is 4.31 Å². The topological polar surface area (TPSA) is 80.5 Å². The summed E-state index contributed by atoms with van der Waals surface area (Å²) in [6.45, 7) is 0.556. The van der Waals surface area contributed by atoms with Gasteiger partial charge in [-0.3, -0.25) is 10.1 Å². The maximum absolute atomic E-state index is 12.9. The number of hydrogen-bond acceptors (Lipinski definition) is 4. The first-order chi connectivity index (χ1) is 10.5. The molecule has 2 aliphatic rings. The maximum atomic E-state index is 12.9. The van der Waals surface area contributed by atoms with Gasteiger partial charge in [0.05, 0.1) is 9.82 Å². The van der Waals surface area contributed by atoms with E-state index in [4.69, 9.17) is 0 Å². The second-order valence-corrected chi connectivity index (χ2v) is 8.01. The Bertz CT molecular complexity index is 655. The van der Waals surface area contributed by atoms with Crippen molar-refractivity contribution in [2.75, 3.05) is 6.54 Å². The second-order valence-electron chi connectivity index (χ2n) is 6.12. The Morgan fingerprint density at radius 3 is 2.36 bits per heavy atom. The van der Waals surface area contributed by atoms with Crippen molar-refractivity contribution in [3.05, 3.63) is 34.4 Å². The van der Waals surface area contributed by atoms with Crippen molar-refractivity contribution >= 4 is 15.7 Å². The Balaban J connectivity index is 1.89. The molecule has 22 heavy (non-hydrogen) atoms. The summed E-state index contributed by atoms with van der Waals surface area (Å²) in [4.78, 5) is 10.3. The molecule has 0 N–H and O–H groups in total. The summed E-state index contributed by atoms with van der Waals surface area (Å²) < 4.78 is 27.4. The lowest BCUT2D eigenvalue weighted by Crippen LogP contribution is -2.49. The van der Waals surface area contributed by atoms with Gasteiger partial charge in [-0.25, -0.2) is 8.42 Å². The van der Waals surface area contributed by atoms with E-state index in [2.05, 4.69) is 0 Å². The van der Waals surface area contributed by atoms with Crippen LogP contribution in [0.2, 0.25) is 0 Å². The highest BCUT2D eigenvalue weighted by molar-refractivity contribution is 7.89. The van der Waals surface area contributed by atoms with Gasteiger partial charge in [-0.15, -0.1) is 0 Å². The van der Waals surface area contributed by atoms with Gasteiger partial charge in [-0.2, -0.15) is 4.31 Å². The summed E-state index contributed by atoms with van der Waals surface area (Å²) in [5, 5.41) is 10.7. The molecule has 1 heterocycles. The van der Waals surface area contributed by atoms with Crippen LogP contribution in [0.15, 0.2) is 29.2 Å². The number of piperidine rings is 1. The highest BCUT2D eigenvalue weighted by Gasteiger charge is 2.39. The van der Waals surface area contributed by atoms with Gasteiger partial charge in [-0.05, 0) is 43.7 Å². The molecule has 0 amide bonds. The number of hydrogen-bond donors (Lipinski definition) is 0. The van der Waals surface area contributed by atoms with E-state index < -0.39 is 14.9 Å². The normalized spacial score (nSPS) is 26.4. The molecule has 2 atom stereocenters. The Hall–Kier alpha value is -1.47. The van der Waals surface area contributed by atoms with Crippen LogP contribution in [0.5, 0.6) is 0 Å². The Morgan fingerprint density at radius 2 is 1.68 bits per heavy atom. The van der Waals surface area contributed by atoms with E-state index in [1.807, 2.05) is 0 Å². The number of fused-ring (bicyclic) bond motifs is 1. The number of nitro benzene ring substituents is 1. The molecule has 0 radical (unpaired) electrons. The number of nitrogens with zero attached hydrogens (tertiary/aromatic N) is 2. The van der Waals surface area contributed by atoms with Gasteiger partial charge < -0.3 is 0 Å². The smallest absolute Gasteiger partial charge is 0.258 e. The number of nitro groups is 1. The Morgan fingerprint density at radius 1 is 1.05 bits per heavy atom. The van der Waals surface area contributed by atoms with Crippen LogP contribution in [-0.2, 0) is 10.0 Å². The van der Waals surface area contributed by atoms with E-state index >= 15 is 0 Å². The molecule has 0 unspecified atom stereocenters. The molecule has 1 aliphatic heterocycles.